The highest BCUT2D eigenvalue weighted by atomic mass is 19.1. The van der Waals surface area contributed by atoms with Crippen LogP contribution in [0.4, 0.5) is 4.39 Å². The fraction of sp³-hybridized carbons (Fsp3) is 0.600. The molecule has 2 heterocycles. The summed E-state index contributed by atoms with van der Waals surface area (Å²) in [5, 5.41) is 0. The predicted molar refractivity (Wildman–Crippen MR) is 72.3 cm³/mol. The second kappa shape index (κ2) is 5.27. The average molecular weight is 264 g/mol. The van der Waals surface area contributed by atoms with E-state index >= 15 is 0 Å². The number of pyridine rings is 1. The van der Waals surface area contributed by atoms with Gasteiger partial charge in [-0.1, -0.05) is 20.8 Å². The van der Waals surface area contributed by atoms with Gasteiger partial charge in [-0.15, -0.1) is 0 Å². The van der Waals surface area contributed by atoms with Gasteiger partial charge in [-0.05, 0) is 36.3 Å². The van der Waals surface area contributed by atoms with Crippen LogP contribution >= 0.6 is 0 Å². The van der Waals surface area contributed by atoms with Gasteiger partial charge in [0.15, 0.2) is 0 Å². The van der Waals surface area contributed by atoms with Crippen molar-refractivity contribution < 1.29 is 9.18 Å². The van der Waals surface area contributed by atoms with Crippen molar-refractivity contribution in [3.05, 3.63) is 29.8 Å². The van der Waals surface area contributed by atoms with E-state index in [1.165, 1.54) is 12.3 Å². The maximum Gasteiger partial charge on any atom is 0.258 e. The van der Waals surface area contributed by atoms with Crippen LogP contribution in [0.25, 0.3) is 0 Å². The molecule has 4 heteroatoms. The van der Waals surface area contributed by atoms with Gasteiger partial charge in [0.05, 0.1) is 5.56 Å². The third-order valence-corrected chi connectivity index (χ3v) is 4.00. The van der Waals surface area contributed by atoms with Gasteiger partial charge in [0.25, 0.3) is 5.91 Å². The first-order chi connectivity index (χ1) is 8.89. The molecule has 1 aliphatic rings. The van der Waals surface area contributed by atoms with Crippen LogP contribution in [-0.4, -0.2) is 28.9 Å². The molecule has 0 aliphatic carbocycles. The quantitative estimate of drug-likeness (QED) is 0.730. The molecule has 1 aromatic heterocycles. The molecule has 0 aromatic carbocycles. The summed E-state index contributed by atoms with van der Waals surface area (Å²) in [5.74, 6) is -0.293. The van der Waals surface area contributed by atoms with E-state index in [-0.39, 0.29) is 16.9 Å². The minimum absolute atomic E-state index is 0.0803. The smallest absolute Gasteiger partial charge is 0.258 e. The molecule has 3 nitrogen and oxygen atoms in total. The summed E-state index contributed by atoms with van der Waals surface area (Å²) in [6.07, 6.45) is 3.33. The number of likely N-dealkylation sites (tertiary alicyclic amines) is 1. The van der Waals surface area contributed by atoms with Crippen LogP contribution in [0.5, 0.6) is 0 Å². The standard InChI is InChI=1S/C15H21FN2O/c1-15(2,3)11-6-9-18(10-7-11)14(19)12-5-4-8-17-13(12)16/h4-5,8,11H,6-7,9-10H2,1-3H3. The third-order valence-electron chi connectivity index (χ3n) is 4.00. The van der Waals surface area contributed by atoms with Gasteiger partial charge < -0.3 is 4.90 Å². The lowest BCUT2D eigenvalue weighted by Gasteiger charge is -2.38. The molecule has 19 heavy (non-hydrogen) atoms. The Morgan fingerprint density at radius 3 is 2.53 bits per heavy atom. The summed E-state index contributed by atoms with van der Waals surface area (Å²) in [7, 11) is 0. The van der Waals surface area contributed by atoms with Gasteiger partial charge in [0.1, 0.15) is 0 Å². The van der Waals surface area contributed by atoms with Crippen LogP contribution < -0.4 is 0 Å². The summed E-state index contributed by atoms with van der Waals surface area (Å²) in [5.41, 5.74) is 0.353. The molecule has 1 aliphatic heterocycles. The molecule has 0 unspecified atom stereocenters. The number of hydrogen-bond donors (Lipinski definition) is 0. The maximum absolute atomic E-state index is 13.5. The summed E-state index contributed by atoms with van der Waals surface area (Å²) in [6.45, 7) is 8.10. The lowest BCUT2D eigenvalue weighted by Crippen LogP contribution is -2.41. The van der Waals surface area contributed by atoms with E-state index in [4.69, 9.17) is 0 Å². The highest BCUT2D eigenvalue weighted by Crippen LogP contribution is 2.34. The monoisotopic (exact) mass is 264 g/mol. The van der Waals surface area contributed by atoms with Crippen LogP contribution in [-0.2, 0) is 0 Å². The summed E-state index contributed by atoms with van der Waals surface area (Å²) in [4.78, 5) is 17.5. The molecule has 104 valence electrons. The van der Waals surface area contributed by atoms with E-state index in [2.05, 4.69) is 25.8 Å². The van der Waals surface area contributed by atoms with E-state index in [1.54, 1.807) is 11.0 Å². The van der Waals surface area contributed by atoms with Crippen molar-refractivity contribution in [2.24, 2.45) is 11.3 Å². The third kappa shape index (κ3) is 3.11. The Morgan fingerprint density at radius 1 is 1.37 bits per heavy atom. The number of amides is 1. The van der Waals surface area contributed by atoms with Crippen molar-refractivity contribution in [2.75, 3.05) is 13.1 Å². The first kappa shape index (κ1) is 14.0. The van der Waals surface area contributed by atoms with Crippen molar-refractivity contribution in [1.82, 2.24) is 9.88 Å². The lowest BCUT2D eigenvalue weighted by molar-refractivity contribution is 0.0603. The van der Waals surface area contributed by atoms with Gasteiger partial charge in [0, 0.05) is 19.3 Å². The Hall–Kier alpha value is -1.45. The van der Waals surface area contributed by atoms with Crippen molar-refractivity contribution in [3.63, 3.8) is 0 Å². The molecular formula is C15H21FN2O. The zero-order valence-electron chi connectivity index (χ0n) is 11.8. The largest absolute Gasteiger partial charge is 0.338 e. The van der Waals surface area contributed by atoms with E-state index in [1.807, 2.05) is 0 Å². The number of hydrogen-bond acceptors (Lipinski definition) is 2. The van der Waals surface area contributed by atoms with Crippen LogP contribution in [0.2, 0.25) is 0 Å². The van der Waals surface area contributed by atoms with Crippen LogP contribution in [0.1, 0.15) is 44.0 Å². The first-order valence-corrected chi connectivity index (χ1v) is 6.79. The zero-order chi connectivity index (χ0) is 14.0. The van der Waals surface area contributed by atoms with E-state index < -0.39 is 5.95 Å². The van der Waals surface area contributed by atoms with Crippen LogP contribution in [0.15, 0.2) is 18.3 Å². The van der Waals surface area contributed by atoms with Crippen molar-refractivity contribution >= 4 is 5.91 Å². The zero-order valence-corrected chi connectivity index (χ0v) is 11.8. The SMILES string of the molecule is CC(C)(C)C1CCN(C(=O)c2cccnc2F)CC1. The molecule has 0 saturated carbocycles. The molecule has 1 aromatic rings. The van der Waals surface area contributed by atoms with Gasteiger partial charge in [-0.3, -0.25) is 4.79 Å². The number of carbonyl (C=O) groups excluding carboxylic acids is 1. The number of piperidine rings is 1. The molecule has 0 radical (unpaired) electrons. The molecule has 0 bridgehead atoms. The Kier molecular flexibility index (Phi) is 3.88. The van der Waals surface area contributed by atoms with E-state index in [0.29, 0.717) is 19.0 Å². The van der Waals surface area contributed by atoms with Crippen LogP contribution in [0, 0.1) is 17.3 Å². The predicted octanol–water partition coefficient (Wildman–Crippen LogP) is 3.12. The highest BCUT2D eigenvalue weighted by Gasteiger charge is 2.31. The number of carbonyl (C=O) groups is 1. The summed E-state index contributed by atoms with van der Waals surface area (Å²) >= 11 is 0. The van der Waals surface area contributed by atoms with Crippen molar-refractivity contribution in [1.29, 1.82) is 0 Å². The van der Waals surface area contributed by atoms with Crippen molar-refractivity contribution in [3.8, 4) is 0 Å². The van der Waals surface area contributed by atoms with Crippen molar-refractivity contribution in [2.45, 2.75) is 33.6 Å². The number of nitrogens with zero attached hydrogens (tertiary/aromatic N) is 2. The first-order valence-electron chi connectivity index (χ1n) is 6.79. The fourth-order valence-corrected chi connectivity index (χ4v) is 2.66. The molecule has 0 atom stereocenters. The number of aromatic nitrogens is 1. The second-order valence-corrected chi connectivity index (χ2v) is 6.27. The molecule has 1 fully saturated rings. The maximum atomic E-state index is 13.5. The Bertz CT molecular complexity index is 459. The number of rotatable bonds is 1. The minimum Gasteiger partial charge on any atom is -0.338 e. The minimum atomic E-state index is -0.676. The second-order valence-electron chi connectivity index (χ2n) is 6.27. The summed E-state index contributed by atoms with van der Waals surface area (Å²) in [6, 6.07) is 3.10. The van der Waals surface area contributed by atoms with E-state index in [9.17, 15) is 9.18 Å². The molecule has 0 spiro atoms. The Balaban J connectivity index is 2.03. The van der Waals surface area contributed by atoms with Crippen LogP contribution in [0.3, 0.4) is 0 Å². The normalized spacial score (nSPS) is 17.6. The van der Waals surface area contributed by atoms with Gasteiger partial charge >= 0.3 is 0 Å². The van der Waals surface area contributed by atoms with Gasteiger partial charge in [-0.25, -0.2) is 4.98 Å². The highest BCUT2D eigenvalue weighted by molar-refractivity contribution is 5.94. The topological polar surface area (TPSA) is 33.2 Å². The molecular weight excluding hydrogens is 243 g/mol. The lowest BCUT2D eigenvalue weighted by atomic mass is 9.75. The Labute approximate surface area is 113 Å². The summed E-state index contributed by atoms with van der Waals surface area (Å²) < 4.78 is 13.5. The Morgan fingerprint density at radius 2 is 2.00 bits per heavy atom. The number of halogens is 1. The van der Waals surface area contributed by atoms with Gasteiger partial charge in [-0.2, -0.15) is 4.39 Å². The molecule has 1 amide bonds. The fourth-order valence-electron chi connectivity index (χ4n) is 2.66. The van der Waals surface area contributed by atoms with Gasteiger partial charge in [0.2, 0.25) is 5.95 Å². The molecule has 2 rings (SSSR count). The van der Waals surface area contributed by atoms with E-state index in [0.717, 1.165) is 12.8 Å². The average Bonchev–Trinajstić information content (AvgIpc) is 2.38. The molecule has 1 saturated heterocycles. The molecule has 0 N–H and O–H groups in total.